The van der Waals surface area contributed by atoms with Gasteiger partial charge in [-0.05, 0) is 56.9 Å². The Balaban J connectivity index is 3.10. The number of alkyl carbamates (subject to hydrolysis) is 1. The van der Waals surface area contributed by atoms with E-state index in [1.807, 2.05) is 6.92 Å². The van der Waals surface area contributed by atoms with Crippen LogP contribution in [0.2, 0.25) is 0 Å². The van der Waals surface area contributed by atoms with E-state index < -0.39 is 35.2 Å². The van der Waals surface area contributed by atoms with Gasteiger partial charge in [-0.3, -0.25) is 4.79 Å². The topological polar surface area (TPSA) is 142 Å². The van der Waals surface area contributed by atoms with Crippen LogP contribution in [0.25, 0.3) is 10.4 Å². The molecule has 33 heavy (non-hydrogen) atoms. The molecule has 0 aromatic carbocycles. The Hall–Kier alpha value is -2.48. The van der Waals surface area contributed by atoms with Gasteiger partial charge in [0, 0.05) is 23.9 Å². The Labute approximate surface area is 197 Å². The van der Waals surface area contributed by atoms with E-state index in [4.69, 9.17) is 15.0 Å². The van der Waals surface area contributed by atoms with Crippen LogP contribution in [-0.2, 0) is 19.1 Å². The maximum Gasteiger partial charge on any atom is 0.408 e. The molecule has 0 saturated heterocycles. The standard InChI is InChI=1S/C23H41N5O5/c1-8-9-13-25-19(29)17(16-12-10-11-15(16)14-26-28-24)32-20(30)18(22(2,3)4)27-21(31)33-23(5,6)7/h15-18H,8-14H2,1-7H3,(H,25,29)(H,27,31)/t15-,16-,17?,18+/m0/s1. The summed E-state index contributed by atoms with van der Waals surface area (Å²) in [6.07, 6.45) is 2.30. The molecular weight excluding hydrogens is 426 g/mol. The van der Waals surface area contributed by atoms with Crippen LogP contribution >= 0.6 is 0 Å². The number of rotatable bonds is 10. The highest BCUT2D eigenvalue weighted by molar-refractivity contribution is 5.87. The first-order valence-corrected chi connectivity index (χ1v) is 11.8. The second-order valence-electron chi connectivity index (χ2n) is 10.7. The fourth-order valence-electron chi connectivity index (χ4n) is 3.90. The van der Waals surface area contributed by atoms with Crippen molar-refractivity contribution < 1.29 is 23.9 Å². The Bertz CT molecular complexity index is 722. The molecule has 0 aliphatic heterocycles. The monoisotopic (exact) mass is 467 g/mol. The summed E-state index contributed by atoms with van der Waals surface area (Å²) in [5, 5.41) is 9.16. The molecule has 0 aromatic heterocycles. The molecule has 0 bridgehead atoms. The number of nitrogens with one attached hydrogen (secondary N) is 2. The zero-order valence-electron chi connectivity index (χ0n) is 21.1. The molecule has 0 heterocycles. The van der Waals surface area contributed by atoms with Crippen molar-refractivity contribution in [2.45, 2.75) is 98.3 Å². The molecule has 4 atom stereocenters. The van der Waals surface area contributed by atoms with E-state index in [9.17, 15) is 14.4 Å². The average Bonchev–Trinajstić information content (AvgIpc) is 3.14. The molecule has 10 nitrogen and oxygen atoms in total. The quantitative estimate of drug-likeness (QED) is 0.160. The molecule has 10 heteroatoms. The number of carbonyl (C=O) groups excluding carboxylic acids is 3. The summed E-state index contributed by atoms with van der Waals surface area (Å²) in [6.45, 7) is 13.3. The summed E-state index contributed by atoms with van der Waals surface area (Å²) in [5.41, 5.74) is 7.31. The minimum Gasteiger partial charge on any atom is -0.450 e. The van der Waals surface area contributed by atoms with E-state index in [1.165, 1.54) is 0 Å². The molecule has 0 radical (unpaired) electrons. The Morgan fingerprint density at radius 3 is 2.36 bits per heavy atom. The lowest BCUT2D eigenvalue weighted by Gasteiger charge is -2.33. The summed E-state index contributed by atoms with van der Waals surface area (Å²) in [6, 6.07) is -1.02. The van der Waals surface area contributed by atoms with Gasteiger partial charge in [-0.1, -0.05) is 45.7 Å². The van der Waals surface area contributed by atoms with Crippen molar-refractivity contribution in [3.8, 4) is 0 Å². The first-order chi connectivity index (χ1) is 15.3. The highest BCUT2D eigenvalue weighted by atomic mass is 16.6. The van der Waals surface area contributed by atoms with Gasteiger partial charge in [0.1, 0.15) is 11.6 Å². The molecule has 2 amide bonds. The van der Waals surface area contributed by atoms with Crippen LogP contribution in [-0.4, -0.2) is 48.8 Å². The summed E-state index contributed by atoms with van der Waals surface area (Å²) in [4.78, 5) is 41.5. The van der Waals surface area contributed by atoms with E-state index in [1.54, 1.807) is 41.5 Å². The highest BCUT2D eigenvalue weighted by Crippen LogP contribution is 2.36. The molecule has 0 spiro atoms. The summed E-state index contributed by atoms with van der Waals surface area (Å²) >= 11 is 0. The molecule has 1 rings (SSSR count). The van der Waals surface area contributed by atoms with Gasteiger partial charge in [0.25, 0.3) is 5.91 Å². The van der Waals surface area contributed by atoms with Gasteiger partial charge in [-0.15, -0.1) is 0 Å². The first-order valence-electron chi connectivity index (χ1n) is 11.8. The third-order valence-corrected chi connectivity index (χ3v) is 5.58. The summed E-state index contributed by atoms with van der Waals surface area (Å²) < 4.78 is 11.1. The van der Waals surface area contributed by atoms with Crippen molar-refractivity contribution in [3.05, 3.63) is 10.4 Å². The van der Waals surface area contributed by atoms with E-state index in [0.717, 1.165) is 25.7 Å². The van der Waals surface area contributed by atoms with Gasteiger partial charge in [0.05, 0.1) is 0 Å². The van der Waals surface area contributed by atoms with Crippen LogP contribution in [0.5, 0.6) is 0 Å². The van der Waals surface area contributed by atoms with Gasteiger partial charge < -0.3 is 20.1 Å². The fraction of sp³-hybridized carbons (Fsp3) is 0.870. The zero-order chi connectivity index (χ0) is 25.2. The third kappa shape index (κ3) is 9.90. The number of unbranched alkanes of at least 4 members (excludes halogenated alkanes) is 1. The van der Waals surface area contributed by atoms with Crippen LogP contribution < -0.4 is 10.6 Å². The predicted octanol–water partition coefficient (Wildman–Crippen LogP) is 4.48. The van der Waals surface area contributed by atoms with Gasteiger partial charge in [0.15, 0.2) is 6.10 Å². The number of hydrogen-bond acceptors (Lipinski definition) is 6. The van der Waals surface area contributed by atoms with Crippen LogP contribution in [0, 0.1) is 17.3 Å². The average molecular weight is 468 g/mol. The highest BCUT2D eigenvalue weighted by Gasteiger charge is 2.43. The lowest BCUT2D eigenvalue weighted by Crippen LogP contribution is -2.54. The number of carbonyl (C=O) groups is 3. The molecule has 188 valence electrons. The van der Waals surface area contributed by atoms with Gasteiger partial charge in [-0.25, -0.2) is 9.59 Å². The second-order valence-corrected chi connectivity index (χ2v) is 10.7. The maximum absolute atomic E-state index is 13.3. The number of nitrogens with zero attached hydrogens (tertiary/aromatic N) is 3. The molecule has 1 aliphatic carbocycles. The Kier molecular flexibility index (Phi) is 11.0. The van der Waals surface area contributed by atoms with Crippen LogP contribution in [0.4, 0.5) is 4.79 Å². The lowest BCUT2D eigenvalue weighted by atomic mass is 9.86. The van der Waals surface area contributed by atoms with Crippen molar-refractivity contribution in [2.24, 2.45) is 22.4 Å². The van der Waals surface area contributed by atoms with E-state index >= 15 is 0 Å². The number of azide groups is 1. The van der Waals surface area contributed by atoms with Crippen molar-refractivity contribution in [1.82, 2.24) is 10.6 Å². The molecule has 2 N–H and O–H groups in total. The van der Waals surface area contributed by atoms with Crippen molar-refractivity contribution >= 4 is 18.0 Å². The van der Waals surface area contributed by atoms with E-state index in [2.05, 4.69) is 20.7 Å². The molecule has 1 fully saturated rings. The lowest BCUT2D eigenvalue weighted by molar-refractivity contribution is -0.164. The predicted molar refractivity (Wildman–Crippen MR) is 125 cm³/mol. The number of ether oxygens (including phenoxy) is 2. The maximum atomic E-state index is 13.3. The number of esters is 1. The third-order valence-electron chi connectivity index (χ3n) is 5.58. The fourth-order valence-corrected chi connectivity index (χ4v) is 3.90. The van der Waals surface area contributed by atoms with Gasteiger partial charge in [0.2, 0.25) is 0 Å². The largest absolute Gasteiger partial charge is 0.450 e. The number of amides is 2. The minimum absolute atomic E-state index is 0.0532. The Morgan fingerprint density at radius 2 is 1.82 bits per heavy atom. The molecule has 1 aliphatic rings. The van der Waals surface area contributed by atoms with Gasteiger partial charge in [-0.2, -0.15) is 0 Å². The molecule has 1 unspecified atom stereocenters. The first kappa shape index (κ1) is 28.6. The summed E-state index contributed by atoms with van der Waals surface area (Å²) in [5.74, 6) is -1.37. The van der Waals surface area contributed by atoms with E-state index in [-0.39, 0.29) is 24.3 Å². The second kappa shape index (κ2) is 12.7. The van der Waals surface area contributed by atoms with Crippen molar-refractivity contribution in [2.75, 3.05) is 13.1 Å². The SMILES string of the molecule is CCCCNC(=O)C(OC(=O)[C@@H](NC(=O)OC(C)(C)C)C(C)(C)C)[C@H]1CCC[C@H]1CN=[N+]=[N-]. The van der Waals surface area contributed by atoms with Crippen molar-refractivity contribution in [1.29, 1.82) is 0 Å². The van der Waals surface area contributed by atoms with Gasteiger partial charge >= 0.3 is 12.1 Å². The number of hydrogen-bond donors (Lipinski definition) is 2. The minimum atomic E-state index is -1.03. The Morgan fingerprint density at radius 1 is 1.15 bits per heavy atom. The molecular formula is C23H41N5O5. The van der Waals surface area contributed by atoms with Crippen LogP contribution in [0.1, 0.15) is 80.6 Å². The molecule has 1 saturated carbocycles. The molecule has 0 aromatic rings. The van der Waals surface area contributed by atoms with Crippen molar-refractivity contribution in [3.63, 3.8) is 0 Å². The normalized spacial score (nSPS) is 20.2. The van der Waals surface area contributed by atoms with E-state index in [0.29, 0.717) is 13.0 Å². The van der Waals surface area contributed by atoms with Crippen LogP contribution in [0.3, 0.4) is 0 Å². The van der Waals surface area contributed by atoms with Crippen LogP contribution in [0.15, 0.2) is 5.11 Å². The summed E-state index contributed by atoms with van der Waals surface area (Å²) in [7, 11) is 0. The zero-order valence-corrected chi connectivity index (χ0v) is 21.1. The smallest absolute Gasteiger partial charge is 0.408 e.